The van der Waals surface area contributed by atoms with Crippen molar-refractivity contribution in [2.75, 3.05) is 26.2 Å². The van der Waals surface area contributed by atoms with E-state index in [1.807, 2.05) is 18.7 Å². The quantitative estimate of drug-likeness (QED) is 0.179. The molecule has 0 aliphatic rings. The maximum atomic E-state index is 11.6. The third-order valence-corrected chi connectivity index (χ3v) is 2.55. The molecule has 0 aromatic rings. The number of amides is 1. The third-order valence-electron chi connectivity index (χ3n) is 2.55. The van der Waals surface area contributed by atoms with Gasteiger partial charge in [0.05, 0.1) is 0 Å². The van der Waals surface area contributed by atoms with E-state index in [2.05, 4.69) is 10.5 Å². The SMILES string of the molecule is CCN(CC)C(=O)CCNCCCC(N)=NO. The summed E-state index contributed by atoms with van der Waals surface area (Å²) in [4.78, 5) is 13.4. The molecular weight excluding hydrogens is 220 g/mol. The average Bonchev–Trinajstić information content (AvgIpc) is 2.34. The van der Waals surface area contributed by atoms with Crippen molar-refractivity contribution in [3.05, 3.63) is 0 Å². The molecule has 6 nitrogen and oxygen atoms in total. The van der Waals surface area contributed by atoms with E-state index in [-0.39, 0.29) is 11.7 Å². The van der Waals surface area contributed by atoms with Crippen LogP contribution in [0.3, 0.4) is 0 Å². The molecule has 0 aromatic carbocycles. The van der Waals surface area contributed by atoms with Crippen molar-refractivity contribution in [2.24, 2.45) is 10.9 Å². The Bertz CT molecular complexity index is 240. The van der Waals surface area contributed by atoms with Crippen LogP contribution in [0.15, 0.2) is 5.16 Å². The molecule has 0 heterocycles. The van der Waals surface area contributed by atoms with Crippen LogP contribution in [-0.4, -0.2) is 48.0 Å². The van der Waals surface area contributed by atoms with Gasteiger partial charge in [-0.1, -0.05) is 5.16 Å². The second kappa shape index (κ2) is 9.89. The maximum Gasteiger partial charge on any atom is 0.223 e. The molecule has 4 N–H and O–H groups in total. The lowest BCUT2D eigenvalue weighted by molar-refractivity contribution is -0.130. The standard InChI is InChI=1S/C11H24N4O2/c1-3-15(4-2)11(16)7-9-13-8-5-6-10(12)14-17/h13,17H,3-9H2,1-2H3,(H2,12,14). The lowest BCUT2D eigenvalue weighted by atomic mass is 10.3. The Hall–Kier alpha value is -1.30. The van der Waals surface area contributed by atoms with Crippen molar-refractivity contribution in [2.45, 2.75) is 33.1 Å². The summed E-state index contributed by atoms with van der Waals surface area (Å²) < 4.78 is 0. The van der Waals surface area contributed by atoms with Gasteiger partial charge in [-0.15, -0.1) is 0 Å². The molecule has 1 amide bonds. The number of carbonyl (C=O) groups is 1. The fraction of sp³-hybridized carbons (Fsp3) is 0.818. The molecule has 0 aromatic heterocycles. The summed E-state index contributed by atoms with van der Waals surface area (Å²) in [5.74, 6) is 0.421. The maximum absolute atomic E-state index is 11.6. The minimum atomic E-state index is 0.180. The lowest BCUT2D eigenvalue weighted by Crippen LogP contribution is -2.33. The highest BCUT2D eigenvalue weighted by atomic mass is 16.4. The molecule has 0 saturated carbocycles. The largest absolute Gasteiger partial charge is 0.409 e. The summed E-state index contributed by atoms with van der Waals surface area (Å²) in [7, 11) is 0. The fourth-order valence-corrected chi connectivity index (χ4v) is 1.50. The van der Waals surface area contributed by atoms with Gasteiger partial charge in [-0.25, -0.2) is 0 Å². The number of oxime groups is 1. The van der Waals surface area contributed by atoms with Gasteiger partial charge in [0.1, 0.15) is 5.84 Å². The number of carbonyl (C=O) groups excluding carboxylic acids is 1. The van der Waals surface area contributed by atoms with Crippen molar-refractivity contribution in [1.82, 2.24) is 10.2 Å². The van der Waals surface area contributed by atoms with Crippen LogP contribution < -0.4 is 11.1 Å². The number of nitrogens with zero attached hydrogens (tertiary/aromatic N) is 2. The average molecular weight is 244 g/mol. The molecule has 0 aliphatic heterocycles. The smallest absolute Gasteiger partial charge is 0.223 e. The van der Waals surface area contributed by atoms with Crippen LogP contribution in [-0.2, 0) is 4.79 Å². The molecule has 0 rings (SSSR count). The van der Waals surface area contributed by atoms with E-state index >= 15 is 0 Å². The van der Waals surface area contributed by atoms with E-state index in [1.54, 1.807) is 0 Å². The summed E-state index contributed by atoms with van der Waals surface area (Å²) in [6, 6.07) is 0. The van der Waals surface area contributed by atoms with Gasteiger partial charge in [0.15, 0.2) is 0 Å². The van der Waals surface area contributed by atoms with E-state index in [1.165, 1.54) is 0 Å². The Kier molecular flexibility index (Phi) is 9.14. The van der Waals surface area contributed by atoms with Crippen molar-refractivity contribution >= 4 is 11.7 Å². The second-order valence-corrected chi connectivity index (χ2v) is 3.76. The predicted molar refractivity (Wildman–Crippen MR) is 68.1 cm³/mol. The molecule has 0 unspecified atom stereocenters. The van der Waals surface area contributed by atoms with Gasteiger partial charge >= 0.3 is 0 Å². The summed E-state index contributed by atoms with van der Waals surface area (Å²) in [5.41, 5.74) is 5.32. The number of rotatable bonds is 9. The van der Waals surface area contributed by atoms with Crippen LogP contribution in [0.2, 0.25) is 0 Å². The van der Waals surface area contributed by atoms with E-state index in [0.717, 1.165) is 26.1 Å². The molecule has 0 radical (unpaired) electrons. The monoisotopic (exact) mass is 244 g/mol. The van der Waals surface area contributed by atoms with Crippen LogP contribution in [0.25, 0.3) is 0 Å². The zero-order valence-electron chi connectivity index (χ0n) is 10.8. The first-order valence-electron chi connectivity index (χ1n) is 6.10. The summed E-state index contributed by atoms with van der Waals surface area (Å²) in [5, 5.41) is 14.4. The van der Waals surface area contributed by atoms with Crippen LogP contribution in [0.4, 0.5) is 0 Å². The Labute approximate surface area is 103 Å². The number of hydrogen-bond donors (Lipinski definition) is 3. The molecule has 0 spiro atoms. The van der Waals surface area contributed by atoms with Gasteiger partial charge in [-0.2, -0.15) is 0 Å². The molecule has 0 fully saturated rings. The predicted octanol–water partition coefficient (Wildman–Crippen LogP) is 0.361. The highest BCUT2D eigenvalue weighted by Crippen LogP contribution is 1.93. The third kappa shape index (κ3) is 7.57. The first-order valence-corrected chi connectivity index (χ1v) is 6.10. The van der Waals surface area contributed by atoms with Crippen LogP contribution in [0.5, 0.6) is 0 Å². The van der Waals surface area contributed by atoms with Gasteiger partial charge < -0.3 is 21.2 Å². The van der Waals surface area contributed by atoms with E-state index < -0.39 is 0 Å². The van der Waals surface area contributed by atoms with Crippen molar-refractivity contribution in [1.29, 1.82) is 0 Å². The van der Waals surface area contributed by atoms with Crippen LogP contribution >= 0.6 is 0 Å². The van der Waals surface area contributed by atoms with Gasteiger partial charge in [0.25, 0.3) is 0 Å². The van der Waals surface area contributed by atoms with Crippen molar-refractivity contribution < 1.29 is 10.0 Å². The Morgan fingerprint density at radius 2 is 1.94 bits per heavy atom. The zero-order chi connectivity index (χ0) is 13.1. The Balaban J connectivity index is 3.48. The summed E-state index contributed by atoms with van der Waals surface area (Å²) >= 11 is 0. The Morgan fingerprint density at radius 1 is 1.29 bits per heavy atom. The van der Waals surface area contributed by atoms with Gasteiger partial charge in [0.2, 0.25) is 5.91 Å². The summed E-state index contributed by atoms with van der Waals surface area (Å²) in [6.07, 6.45) is 1.88. The zero-order valence-corrected chi connectivity index (χ0v) is 10.8. The van der Waals surface area contributed by atoms with Gasteiger partial charge in [-0.05, 0) is 26.8 Å². The Morgan fingerprint density at radius 3 is 2.47 bits per heavy atom. The normalized spacial score (nSPS) is 11.5. The van der Waals surface area contributed by atoms with E-state index in [9.17, 15) is 4.79 Å². The van der Waals surface area contributed by atoms with Gasteiger partial charge in [0, 0.05) is 32.5 Å². The first kappa shape index (κ1) is 15.7. The van der Waals surface area contributed by atoms with Crippen molar-refractivity contribution in [3.8, 4) is 0 Å². The minimum absolute atomic E-state index is 0.180. The van der Waals surface area contributed by atoms with Gasteiger partial charge in [-0.3, -0.25) is 4.79 Å². The fourth-order valence-electron chi connectivity index (χ4n) is 1.50. The van der Waals surface area contributed by atoms with Crippen molar-refractivity contribution in [3.63, 3.8) is 0 Å². The highest BCUT2D eigenvalue weighted by Gasteiger charge is 2.07. The molecule has 0 bridgehead atoms. The molecule has 100 valence electrons. The molecule has 0 atom stereocenters. The molecule has 6 heteroatoms. The molecule has 0 aliphatic carbocycles. The lowest BCUT2D eigenvalue weighted by Gasteiger charge is -2.18. The molecular formula is C11H24N4O2. The first-order chi connectivity index (χ1) is 8.15. The number of nitrogens with two attached hydrogens (primary N) is 1. The topological polar surface area (TPSA) is 91.0 Å². The second-order valence-electron chi connectivity index (χ2n) is 3.76. The summed E-state index contributed by atoms with van der Waals surface area (Å²) in [6.45, 7) is 6.92. The highest BCUT2D eigenvalue weighted by molar-refractivity contribution is 5.79. The minimum Gasteiger partial charge on any atom is -0.409 e. The van der Waals surface area contributed by atoms with Crippen LogP contribution in [0, 0.1) is 0 Å². The number of nitrogens with one attached hydrogen (secondary N) is 1. The number of amidine groups is 1. The molecule has 17 heavy (non-hydrogen) atoms. The molecule has 0 saturated heterocycles. The number of hydrogen-bond acceptors (Lipinski definition) is 4. The van der Waals surface area contributed by atoms with E-state index in [0.29, 0.717) is 19.4 Å². The van der Waals surface area contributed by atoms with E-state index in [4.69, 9.17) is 10.9 Å². The van der Waals surface area contributed by atoms with Crippen LogP contribution in [0.1, 0.15) is 33.1 Å².